The first-order valence-electron chi connectivity index (χ1n) is 7.64. The summed E-state index contributed by atoms with van der Waals surface area (Å²) in [5.41, 5.74) is 0.205. The van der Waals surface area contributed by atoms with Crippen molar-refractivity contribution in [1.82, 2.24) is 4.72 Å². The molecule has 0 aliphatic rings. The van der Waals surface area contributed by atoms with Crippen molar-refractivity contribution in [2.75, 3.05) is 11.9 Å². The normalized spacial score (nSPS) is 12.4. The number of carbonyl (C=O) groups excluding carboxylic acids is 1. The van der Waals surface area contributed by atoms with E-state index in [9.17, 15) is 17.6 Å². The average molecular weight is 366 g/mol. The van der Waals surface area contributed by atoms with Crippen LogP contribution in [0.3, 0.4) is 0 Å². The van der Waals surface area contributed by atoms with E-state index in [1.807, 2.05) is 0 Å². The van der Waals surface area contributed by atoms with Gasteiger partial charge >= 0.3 is 0 Å². The highest BCUT2D eigenvalue weighted by Gasteiger charge is 2.22. The zero-order valence-electron chi connectivity index (χ0n) is 13.8. The molecule has 0 heterocycles. The summed E-state index contributed by atoms with van der Waals surface area (Å²) >= 11 is 0. The van der Waals surface area contributed by atoms with E-state index in [0.717, 1.165) is 6.07 Å². The number of sulfonamides is 1. The third kappa shape index (κ3) is 5.01. The highest BCUT2D eigenvalue weighted by molar-refractivity contribution is 7.89. The smallest absolute Gasteiger partial charge is 0.242 e. The van der Waals surface area contributed by atoms with Crippen molar-refractivity contribution in [3.8, 4) is 5.75 Å². The van der Waals surface area contributed by atoms with Gasteiger partial charge in [0.25, 0.3) is 0 Å². The van der Waals surface area contributed by atoms with Gasteiger partial charge in [0.1, 0.15) is 0 Å². The molecule has 2 aromatic rings. The molecule has 0 saturated heterocycles. The number of carbonyl (C=O) groups is 1. The van der Waals surface area contributed by atoms with E-state index in [1.54, 1.807) is 25.1 Å². The molecular formula is C17H19FN2O4S. The first kappa shape index (κ1) is 18.9. The minimum Gasteiger partial charge on any atom is -0.491 e. The molecular weight excluding hydrogens is 347 g/mol. The van der Waals surface area contributed by atoms with Crippen LogP contribution in [-0.4, -0.2) is 27.0 Å². The Morgan fingerprint density at radius 3 is 2.48 bits per heavy atom. The van der Waals surface area contributed by atoms with E-state index in [4.69, 9.17) is 4.74 Å². The third-order valence-corrected chi connectivity index (χ3v) is 4.83. The molecule has 0 fully saturated rings. The van der Waals surface area contributed by atoms with Crippen molar-refractivity contribution in [3.05, 3.63) is 54.3 Å². The average Bonchev–Trinajstić information content (AvgIpc) is 2.58. The van der Waals surface area contributed by atoms with E-state index < -0.39 is 27.8 Å². The molecule has 25 heavy (non-hydrogen) atoms. The molecule has 0 radical (unpaired) electrons. The maximum atomic E-state index is 13.8. The Labute approximate surface area is 146 Å². The quantitative estimate of drug-likeness (QED) is 0.789. The van der Waals surface area contributed by atoms with Gasteiger partial charge in [-0.1, -0.05) is 18.2 Å². The summed E-state index contributed by atoms with van der Waals surface area (Å²) in [7, 11) is -3.82. The molecule has 2 rings (SSSR count). The summed E-state index contributed by atoms with van der Waals surface area (Å²) in [6.45, 7) is 3.46. The predicted molar refractivity (Wildman–Crippen MR) is 92.4 cm³/mol. The lowest BCUT2D eigenvalue weighted by atomic mass is 10.2. The molecule has 0 aliphatic heterocycles. The number of rotatable bonds is 7. The Balaban J connectivity index is 2.04. The van der Waals surface area contributed by atoms with Crippen molar-refractivity contribution >= 4 is 21.6 Å². The molecule has 8 heteroatoms. The summed E-state index contributed by atoms with van der Waals surface area (Å²) in [6.07, 6.45) is 0. The SMILES string of the molecule is CCOc1ccc(NC(=O)[C@H](C)NS(=O)(=O)c2ccccc2)cc1F. The monoisotopic (exact) mass is 366 g/mol. The van der Waals surface area contributed by atoms with Crippen molar-refractivity contribution in [3.63, 3.8) is 0 Å². The maximum absolute atomic E-state index is 13.8. The number of halogens is 1. The van der Waals surface area contributed by atoms with Crippen LogP contribution in [0.1, 0.15) is 13.8 Å². The van der Waals surface area contributed by atoms with E-state index in [2.05, 4.69) is 10.0 Å². The van der Waals surface area contributed by atoms with Crippen molar-refractivity contribution < 1.29 is 22.3 Å². The summed E-state index contributed by atoms with van der Waals surface area (Å²) in [4.78, 5) is 12.2. The van der Waals surface area contributed by atoms with Gasteiger partial charge in [-0.2, -0.15) is 4.72 Å². The molecule has 0 bridgehead atoms. The Morgan fingerprint density at radius 2 is 1.88 bits per heavy atom. The lowest BCUT2D eigenvalue weighted by Crippen LogP contribution is -2.41. The Kier molecular flexibility index (Phi) is 6.11. The van der Waals surface area contributed by atoms with Gasteiger partial charge in [0, 0.05) is 11.8 Å². The summed E-state index contributed by atoms with van der Waals surface area (Å²) in [5, 5.41) is 2.46. The van der Waals surface area contributed by atoms with Crippen LogP contribution in [0, 0.1) is 5.82 Å². The topological polar surface area (TPSA) is 84.5 Å². The fourth-order valence-electron chi connectivity index (χ4n) is 2.06. The van der Waals surface area contributed by atoms with Gasteiger partial charge in [0.15, 0.2) is 11.6 Å². The second kappa shape index (κ2) is 8.09. The van der Waals surface area contributed by atoms with Gasteiger partial charge < -0.3 is 10.1 Å². The van der Waals surface area contributed by atoms with Crippen LogP contribution in [0.25, 0.3) is 0 Å². The number of hydrogen-bond acceptors (Lipinski definition) is 4. The van der Waals surface area contributed by atoms with Crippen LogP contribution in [0.15, 0.2) is 53.4 Å². The molecule has 0 saturated carbocycles. The molecule has 0 aromatic heterocycles. The number of benzene rings is 2. The van der Waals surface area contributed by atoms with E-state index in [1.165, 1.54) is 31.2 Å². The second-order valence-corrected chi connectivity index (χ2v) is 6.94. The molecule has 0 aliphatic carbocycles. The predicted octanol–water partition coefficient (Wildman–Crippen LogP) is 2.53. The zero-order chi connectivity index (χ0) is 18.4. The van der Waals surface area contributed by atoms with Crippen molar-refractivity contribution in [2.45, 2.75) is 24.8 Å². The highest BCUT2D eigenvalue weighted by Crippen LogP contribution is 2.21. The summed E-state index contributed by atoms with van der Waals surface area (Å²) in [6, 6.07) is 10.7. The van der Waals surface area contributed by atoms with Crippen molar-refractivity contribution in [2.24, 2.45) is 0 Å². The van der Waals surface area contributed by atoms with Gasteiger partial charge in [-0.25, -0.2) is 12.8 Å². The second-order valence-electron chi connectivity index (χ2n) is 5.22. The van der Waals surface area contributed by atoms with Gasteiger partial charge in [0.2, 0.25) is 15.9 Å². The molecule has 2 N–H and O–H groups in total. The molecule has 0 unspecified atom stereocenters. The van der Waals surface area contributed by atoms with Crippen LogP contribution < -0.4 is 14.8 Å². The van der Waals surface area contributed by atoms with Crippen LogP contribution in [0.5, 0.6) is 5.75 Å². The Morgan fingerprint density at radius 1 is 1.20 bits per heavy atom. The molecule has 1 amide bonds. The van der Waals surface area contributed by atoms with Crippen LogP contribution in [-0.2, 0) is 14.8 Å². The number of amides is 1. The largest absolute Gasteiger partial charge is 0.491 e. The van der Waals surface area contributed by atoms with Crippen LogP contribution in [0.2, 0.25) is 0 Å². The highest BCUT2D eigenvalue weighted by atomic mass is 32.2. The zero-order valence-corrected chi connectivity index (χ0v) is 14.6. The first-order chi connectivity index (χ1) is 11.8. The lowest BCUT2D eigenvalue weighted by molar-refractivity contribution is -0.117. The van der Waals surface area contributed by atoms with E-state index >= 15 is 0 Å². The fraction of sp³-hybridized carbons (Fsp3) is 0.235. The minimum absolute atomic E-state index is 0.0572. The summed E-state index contributed by atoms with van der Waals surface area (Å²) < 4.78 is 45.6. The number of nitrogens with one attached hydrogen (secondary N) is 2. The van der Waals surface area contributed by atoms with Crippen molar-refractivity contribution in [1.29, 1.82) is 0 Å². The minimum atomic E-state index is -3.82. The maximum Gasteiger partial charge on any atom is 0.242 e. The van der Waals surface area contributed by atoms with Crippen LogP contribution >= 0.6 is 0 Å². The molecule has 2 aromatic carbocycles. The van der Waals surface area contributed by atoms with Gasteiger partial charge in [-0.15, -0.1) is 0 Å². The van der Waals surface area contributed by atoms with Gasteiger partial charge in [-0.05, 0) is 38.1 Å². The number of anilines is 1. The molecule has 0 spiro atoms. The molecule has 6 nitrogen and oxygen atoms in total. The third-order valence-electron chi connectivity index (χ3n) is 3.28. The first-order valence-corrected chi connectivity index (χ1v) is 9.12. The Bertz CT molecular complexity index is 841. The van der Waals surface area contributed by atoms with Crippen LogP contribution in [0.4, 0.5) is 10.1 Å². The van der Waals surface area contributed by atoms with Gasteiger partial charge in [-0.3, -0.25) is 4.79 Å². The lowest BCUT2D eigenvalue weighted by Gasteiger charge is -2.15. The van der Waals surface area contributed by atoms with Gasteiger partial charge in [0.05, 0.1) is 17.5 Å². The fourth-order valence-corrected chi connectivity index (χ4v) is 3.28. The number of ether oxygens (including phenoxy) is 1. The van der Waals surface area contributed by atoms with E-state index in [-0.39, 0.29) is 16.3 Å². The molecule has 134 valence electrons. The standard InChI is InChI=1S/C17H19FN2O4S/c1-3-24-16-10-9-13(11-15(16)18)19-17(21)12(2)20-25(22,23)14-7-5-4-6-8-14/h4-12,20H,3H2,1-2H3,(H,19,21)/t12-/m0/s1. The number of hydrogen-bond donors (Lipinski definition) is 2. The summed E-state index contributed by atoms with van der Waals surface area (Å²) in [5.74, 6) is -1.14. The Hall–Kier alpha value is -2.45. The molecule has 1 atom stereocenters. The van der Waals surface area contributed by atoms with E-state index in [0.29, 0.717) is 6.61 Å².